The monoisotopic (exact) mass is 240 g/mol. The fraction of sp³-hybridized carbons (Fsp3) is 0.417. The van der Waals surface area contributed by atoms with E-state index in [4.69, 9.17) is 21.4 Å². The minimum atomic E-state index is -0.968. The first-order chi connectivity index (χ1) is 7.66. The molecule has 1 aromatic rings. The highest BCUT2D eigenvalue weighted by molar-refractivity contribution is 6.30. The van der Waals surface area contributed by atoms with Gasteiger partial charge in [-0.15, -0.1) is 0 Å². The Bertz CT molecular complexity index is 415. The summed E-state index contributed by atoms with van der Waals surface area (Å²) in [5, 5.41) is 9.20. The topological polar surface area (TPSA) is 46.5 Å². The van der Waals surface area contributed by atoms with Gasteiger partial charge in [0.2, 0.25) is 0 Å². The van der Waals surface area contributed by atoms with E-state index in [9.17, 15) is 4.79 Å². The first-order valence-corrected chi connectivity index (χ1v) is 5.70. The molecular formula is C12H13ClO3. The number of carboxylic acids is 1. The molecule has 0 saturated heterocycles. The van der Waals surface area contributed by atoms with Crippen LogP contribution in [-0.4, -0.2) is 17.7 Å². The Morgan fingerprint density at radius 3 is 2.88 bits per heavy atom. The molecule has 16 heavy (non-hydrogen) atoms. The van der Waals surface area contributed by atoms with Gasteiger partial charge < -0.3 is 9.84 Å². The van der Waals surface area contributed by atoms with Gasteiger partial charge in [-0.25, -0.2) is 4.79 Å². The molecular weight excluding hydrogens is 228 g/mol. The summed E-state index contributed by atoms with van der Waals surface area (Å²) >= 11 is 5.97. The highest BCUT2D eigenvalue weighted by atomic mass is 35.5. The van der Waals surface area contributed by atoms with E-state index in [2.05, 4.69) is 0 Å². The van der Waals surface area contributed by atoms with Gasteiger partial charge in [0.25, 0.3) is 0 Å². The van der Waals surface area contributed by atoms with Crippen LogP contribution in [0.5, 0.6) is 5.75 Å². The lowest BCUT2D eigenvalue weighted by atomic mass is 9.91. The van der Waals surface area contributed by atoms with Crippen LogP contribution in [0.4, 0.5) is 0 Å². The van der Waals surface area contributed by atoms with Crippen molar-refractivity contribution in [3.63, 3.8) is 0 Å². The van der Waals surface area contributed by atoms with Crippen molar-refractivity contribution in [3.05, 3.63) is 28.3 Å². The predicted molar refractivity (Wildman–Crippen MR) is 61.2 cm³/mol. The molecule has 3 nitrogen and oxygen atoms in total. The Balaban J connectivity index is 2.28. The maximum atomic E-state index is 10.5. The van der Waals surface area contributed by atoms with Crippen molar-refractivity contribution in [2.24, 2.45) is 0 Å². The zero-order chi connectivity index (χ0) is 11.5. The second kappa shape index (κ2) is 4.74. The Kier molecular flexibility index (Phi) is 3.34. The van der Waals surface area contributed by atoms with Crippen LogP contribution in [0.1, 0.15) is 24.0 Å². The van der Waals surface area contributed by atoms with Gasteiger partial charge in [0.15, 0.2) is 6.61 Å². The third-order valence-electron chi connectivity index (χ3n) is 2.74. The summed E-state index contributed by atoms with van der Waals surface area (Å²) in [6, 6.07) is 3.65. The average molecular weight is 241 g/mol. The highest BCUT2D eigenvalue weighted by Crippen LogP contribution is 2.32. The maximum absolute atomic E-state index is 10.5. The predicted octanol–water partition coefficient (Wildman–Crippen LogP) is 2.68. The lowest BCUT2D eigenvalue weighted by Crippen LogP contribution is -2.12. The van der Waals surface area contributed by atoms with Crippen LogP contribution in [0.3, 0.4) is 0 Å². The number of ether oxygens (including phenoxy) is 1. The number of aliphatic carboxylic acids is 1. The summed E-state index contributed by atoms with van der Waals surface area (Å²) in [7, 11) is 0. The van der Waals surface area contributed by atoms with Gasteiger partial charge in [-0.1, -0.05) is 11.6 Å². The summed E-state index contributed by atoms with van der Waals surface area (Å²) in [5.74, 6) is -0.339. The van der Waals surface area contributed by atoms with Crippen LogP contribution in [-0.2, 0) is 17.6 Å². The number of aryl methyl sites for hydroxylation is 1. The molecule has 1 N–H and O–H groups in total. The highest BCUT2D eigenvalue weighted by Gasteiger charge is 2.16. The number of hydrogen-bond acceptors (Lipinski definition) is 2. The summed E-state index contributed by atoms with van der Waals surface area (Å²) < 4.78 is 5.26. The molecule has 0 amide bonds. The molecule has 1 aliphatic carbocycles. The molecule has 4 heteroatoms. The smallest absolute Gasteiger partial charge is 0.341 e. The second-order valence-electron chi connectivity index (χ2n) is 3.93. The van der Waals surface area contributed by atoms with Crippen molar-refractivity contribution < 1.29 is 14.6 Å². The lowest BCUT2D eigenvalue weighted by molar-refractivity contribution is -0.139. The first-order valence-electron chi connectivity index (χ1n) is 5.32. The molecule has 0 heterocycles. The lowest BCUT2D eigenvalue weighted by Gasteiger charge is -2.19. The minimum absolute atomic E-state index is 0.313. The van der Waals surface area contributed by atoms with E-state index in [0.29, 0.717) is 10.8 Å². The molecule has 0 radical (unpaired) electrons. The molecule has 0 unspecified atom stereocenters. The first kappa shape index (κ1) is 11.3. The van der Waals surface area contributed by atoms with Crippen LogP contribution in [0.2, 0.25) is 5.02 Å². The van der Waals surface area contributed by atoms with E-state index < -0.39 is 5.97 Å². The minimum Gasteiger partial charge on any atom is -0.482 e. The van der Waals surface area contributed by atoms with Gasteiger partial charge in [-0.05, 0) is 48.9 Å². The van der Waals surface area contributed by atoms with Gasteiger partial charge >= 0.3 is 5.97 Å². The van der Waals surface area contributed by atoms with E-state index in [0.717, 1.165) is 31.2 Å². The molecule has 86 valence electrons. The number of hydrogen-bond donors (Lipinski definition) is 1. The Hall–Kier alpha value is -1.22. The van der Waals surface area contributed by atoms with Crippen LogP contribution in [0.15, 0.2) is 12.1 Å². The molecule has 0 aromatic heterocycles. The summed E-state index contributed by atoms with van der Waals surface area (Å²) in [5.41, 5.74) is 2.32. The standard InChI is InChI=1S/C12H13ClO3/c13-9-5-8-3-1-2-4-10(8)11(6-9)16-7-12(14)15/h5-6H,1-4,7H2,(H,14,15). The molecule has 0 bridgehead atoms. The van der Waals surface area contributed by atoms with Crippen LogP contribution in [0.25, 0.3) is 0 Å². The van der Waals surface area contributed by atoms with Crippen molar-refractivity contribution in [1.82, 2.24) is 0 Å². The second-order valence-corrected chi connectivity index (χ2v) is 4.37. The van der Waals surface area contributed by atoms with E-state index in [1.165, 1.54) is 5.56 Å². The number of rotatable bonds is 3. The van der Waals surface area contributed by atoms with Gasteiger partial charge in [0.1, 0.15) is 5.75 Å². The van der Waals surface area contributed by atoms with Crippen molar-refractivity contribution in [3.8, 4) is 5.75 Å². The number of halogens is 1. The van der Waals surface area contributed by atoms with Gasteiger partial charge in [-0.2, -0.15) is 0 Å². The third kappa shape index (κ3) is 2.47. The molecule has 0 saturated carbocycles. The molecule has 1 aliphatic rings. The molecule has 0 spiro atoms. The number of carboxylic acid groups (broad SMARTS) is 1. The van der Waals surface area contributed by atoms with Crippen molar-refractivity contribution >= 4 is 17.6 Å². The van der Waals surface area contributed by atoms with Gasteiger partial charge in [0, 0.05) is 5.02 Å². The molecule has 0 atom stereocenters. The normalized spacial score (nSPS) is 14.3. The van der Waals surface area contributed by atoms with Crippen molar-refractivity contribution in [2.75, 3.05) is 6.61 Å². The third-order valence-corrected chi connectivity index (χ3v) is 2.96. The van der Waals surface area contributed by atoms with Crippen LogP contribution in [0, 0.1) is 0 Å². The summed E-state index contributed by atoms with van der Waals surface area (Å²) in [6.07, 6.45) is 4.23. The molecule has 1 aromatic carbocycles. The largest absolute Gasteiger partial charge is 0.482 e. The SMILES string of the molecule is O=C(O)COc1cc(Cl)cc2c1CCCC2. The average Bonchev–Trinajstić information content (AvgIpc) is 2.25. The maximum Gasteiger partial charge on any atom is 0.341 e. The Labute approximate surface area is 99.0 Å². The van der Waals surface area contributed by atoms with E-state index in [1.54, 1.807) is 6.07 Å². The van der Waals surface area contributed by atoms with Crippen LogP contribution < -0.4 is 4.74 Å². The summed E-state index contributed by atoms with van der Waals surface area (Å²) in [6.45, 7) is -0.313. The van der Waals surface area contributed by atoms with E-state index in [1.807, 2.05) is 6.07 Å². The van der Waals surface area contributed by atoms with Crippen molar-refractivity contribution in [1.29, 1.82) is 0 Å². The van der Waals surface area contributed by atoms with E-state index in [-0.39, 0.29) is 6.61 Å². The molecule has 2 rings (SSSR count). The zero-order valence-electron chi connectivity index (χ0n) is 8.83. The number of benzene rings is 1. The molecule has 0 aliphatic heterocycles. The van der Waals surface area contributed by atoms with Gasteiger partial charge in [0.05, 0.1) is 0 Å². The quantitative estimate of drug-likeness (QED) is 0.884. The summed E-state index contributed by atoms with van der Waals surface area (Å²) in [4.78, 5) is 10.5. The fourth-order valence-electron chi connectivity index (χ4n) is 2.06. The number of carbonyl (C=O) groups is 1. The Morgan fingerprint density at radius 2 is 2.12 bits per heavy atom. The van der Waals surface area contributed by atoms with Gasteiger partial charge in [-0.3, -0.25) is 0 Å². The fourth-order valence-corrected chi connectivity index (χ4v) is 2.29. The van der Waals surface area contributed by atoms with Crippen molar-refractivity contribution in [2.45, 2.75) is 25.7 Å². The zero-order valence-corrected chi connectivity index (χ0v) is 9.59. The van der Waals surface area contributed by atoms with E-state index >= 15 is 0 Å². The van der Waals surface area contributed by atoms with Crippen LogP contribution >= 0.6 is 11.6 Å². The Morgan fingerprint density at radius 1 is 1.38 bits per heavy atom. The number of fused-ring (bicyclic) bond motifs is 1. The molecule has 0 fully saturated rings.